The number of carbonyl (C=O) groups is 1. The first-order valence-corrected chi connectivity index (χ1v) is 9.40. The highest BCUT2D eigenvalue weighted by Gasteiger charge is 2.30. The molecule has 2 aromatic heterocycles. The van der Waals surface area contributed by atoms with E-state index in [2.05, 4.69) is 20.6 Å². The highest BCUT2D eigenvalue weighted by atomic mass is 32.1. The van der Waals surface area contributed by atoms with Crippen LogP contribution in [0.25, 0.3) is 17.0 Å². The van der Waals surface area contributed by atoms with E-state index in [4.69, 9.17) is 11.5 Å². The molecule has 1 saturated heterocycles. The van der Waals surface area contributed by atoms with Crippen LogP contribution >= 0.6 is 11.3 Å². The van der Waals surface area contributed by atoms with Crippen LogP contribution in [0.5, 0.6) is 0 Å². The molecule has 1 fully saturated rings. The maximum Gasteiger partial charge on any atom is 0.417 e. The molecular formula is C17H19F3N6OS. The summed E-state index contributed by atoms with van der Waals surface area (Å²) < 4.78 is 38.0. The number of aromatic nitrogens is 2. The Morgan fingerprint density at radius 3 is 2.64 bits per heavy atom. The fourth-order valence-corrected chi connectivity index (χ4v) is 3.72. The van der Waals surface area contributed by atoms with Crippen molar-refractivity contribution in [3.63, 3.8) is 0 Å². The van der Waals surface area contributed by atoms with Crippen molar-refractivity contribution in [1.82, 2.24) is 20.6 Å². The van der Waals surface area contributed by atoms with E-state index in [0.717, 1.165) is 43.0 Å². The van der Waals surface area contributed by atoms with Crippen molar-refractivity contribution in [2.75, 3.05) is 13.1 Å². The van der Waals surface area contributed by atoms with E-state index in [0.29, 0.717) is 12.2 Å². The summed E-state index contributed by atoms with van der Waals surface area (Å²) in [6.45, 7) is 1.64. The Kier molecular flexibility index (Phi) is 5.84. The molecule has 3 heterocycles. The van der Waals surface area contributed by atoms with Gasteiger partial charge in [0, 0.05) is 24.2 Å². The van der Waals surface area contributed by atoms with E-state index in [1.807, 2.05) is 0 Å². The number of piperidine rings is 1. The number of nitrogens with one attached hydrogen (secondary N) is 2. The first kappa shape index (κ1) is 20.1. The topological polar surface area (TPSA) is 119 Å². The van der Waals surface area contributed by atoms with Gasteiger partial charge in [0.2, 0.25) is 0 Å². The molecule has 7 nitrogen and oxygen atoms in total. The summed E-state index contributed by atoms with van der Waals surface area (Å²) in [4.78, 5) is 20.0. The van der Waals surface area contributed by atoms with Gasteiger partial charge in [-0.3, -0.25) is 9.78 Å². The predicted octanol–water partition coefficient (Wildman–Crippen LogP) is 1.68. The Hall–Kier alpha value is -2.66. The van der Waals surface area contributed by atoms with Gasteiger partial charge in [-0.2, -0.15) is 13.2 Å². The molecule has 0 aromatic carbocycles. The molecule has 0 bridgehead atoms. The number of hydrogen-bond donors (Lipinski definition) is 4. The largest absolute Gasteiger partial charge is 0.417 e. The van der Waals surface area contributed by atoms with E-state index in [1.165, 1.54) is 6.07 Å². The molecule has 0 spiro atoms. The summed E-state index contributed by atoms with van der Waals surface area (Å²) >= 11 is 1.11. The van der Waals surface area contributed by atoms with Gasteiger partial charge in [0.25, 0.3) is 5.91 Å². The van der Waals surface area contributed by atoms with Gasteiger partial charge in [-0.25, -0.2) is 4.98 Å². The second-order valence-corrected chi connectivity index (χ2v) is 7.17. The number of pyridine rings is 1. The minimum absolute atomic E-state index is 0.0498. The molecule has 3 rings (SSSR count). The lowest BCUT2D eigenvalue weighted by molar-refractivity contribution is -0.137. The SMILES string of the molecule is NC(=O)/C(=C(\N)N[C@@H]1CCCNC1)c1nc(-c2ccc(C(F)(F)F)cn2)cs1. The van der Waals surface area contributed by atoms with Crippen molar-refractivity contribution in [2.24, 2.45) is 11.5 Å². The molecule has 1 aliphatic heterocycles. The van der Waals surface area contributed by atoms with Gasteiger partial charge in [-0.1, -0.05) is 0 Å². The lowest BCUT2D eigenvalue weighted by atomic mass is 10.1. The molecule has 0 unspecified atom stereocenters. The van der Waals surface area contributed by atoms with Gasteiger partial charge < -0.3 is 22.1 Å². The van der Waals surface area contributed by atoms with Crippen LogP contribution in [0.3, 0.4) is 0 Å². The summed E-state index contributed by atoms with van der Waals surface area (Å²) in [5, 5.41) is 8.19. The number of thiazole rings is 1. The maximum atomic E-state index is 12.7. The van der Waals surface area contributed by atoms with Crippen molar-refractivity contribution in [3.8, 4) is 11.4 Å². The number of hydrogen-bond acceptors (Lipinski definition) is 7. The van der Waals surface area contributed by atoms with E-state index in [-0.39, 0.29) is 28.1 Å². The third-order valence-corrected chi connectivity index (χ3v) is 5.10. The van der Waals surface area contributed by atoms with E-state index < -0.39 is 17.6 Å². The lowest BCUT2D eigenvalue weighted by Crippen LogP contribution is -2.44. The summed E-state index contributed by atoms with van der Waals surface area (Å²) in [5.74, 6) is -0.613. The van der Waals surface area contributed by atoms with Crippen LogP contribution in [-0.2, 0) is 11.0 Å². The van der Waals surface area contributed by atoms with E-state index >= 15 is 0 Å². The molecular weight excluding hydrogens is 393 g/mol. The molecule has 0 aliphatic carbocycles. The Balaban J connectivity index is 1.85. The smallest absolute Gasteiger partial charge is 0.385 e. The van der Waals surface area contributed by atoms with Gasteiger partial charge in [-0.05, 0) is 31.5 Å². The lowest BCUT2D eigenvalue weighted by Gasteiger charge is -2.25. The fraction of sp³-hybridized carbons (Fsp3) is 0.353. The molecule has 28 heavy (non-hydrogen) atoms. The summed E-state index contributed by atoms with van der Waals surface area (Å²) in [7, 11) is 0. The molecule has 2 aromatic rings. The third kappa shape index (κ3) is 4.60. The molecule has 6 N–H and O–H groups in total. The standard InChI is InChI=1S/C17H19F3N6OS/c18-17(19,20)9-3-4-11(24-6-9)12-8-28-16(26-12)13(15(22)27)14(21)25-10-2-1-5-23-7-10/h3-4,6,8,10,23,25H,1-2,5,7,21H2,(H2,22,27)/b14-13-/t10-/m1/s1. The first-order chi connectivity index (χ1) is 13.3. The summed E-state index contributed by atoms with van der Waals surface area (Å²) in [6.07, 6.45) is -1.84. The van der Waals surface area contributed by atoms with Crippen LogP contribution in [0.4, 0.5) is 13.2 Å². The van der Waals surface area contributed by atoms with Crippen molar-refractivity contribution >= 4 is 22.8 Å². The number of rotatable bonds is 5. The van der Waals surface area contributed by atoms with Crippen LogP contribution in [0.1, 0.15) is 23.4 Å². The normalized spacial score (nSPS) is 18.5. The van der Waals surface area contributed by atoms with Gasteiger partial charge in [-0.15, -0.1) is 11.3 Å². The van der Waals surface area contributed by atoms with Crippen molar-refractivity contribution in [2.45, 2.75) is 25.1 Å². The Bertz CT molecular complexity index is 872. The second kappa shape index (κ2) is 8.15. The van der Waals surface area contributed by atoms with Crippen LogP contribution in [0, 0.1) is 0 Å². The van der Waals surface area contributed by atoms with Gasteiger partial charge in [0.15, 0.2) is 0 Å². The van der Waals surface area contributed by atoms with Crippen LogP contribution in [0.2, 0.25) is 0 Å². The van der Waals surface area contributed by atoms with Crippen molar-refractivity contribution in [1.29, 1.82) is 0 Å². The summed E-state index contributed by atoms with van der Waals surface area (Å²) in [5.41, 5.74) is 11.3. The predicted molar refractivity (Wildman–Crippen MR) is 99.7 cm³/mol. The number of nitrogens with two attached hydrogens (primary N) is 2. The van der Waals surface area contributed by atoms with Crippen LogP contribution in [0.15, 0.2) is 29.5 Å². The van der Waals surface area contributed by atoms with Crippen molar-refractivity contribution in [3.05, 3.63) is 40.1 Å². The average molecular weight is 412 g/mol. The van der Waals surface area contributed by atoms with Crippen LogP contribution in [-0.4, -0.2) is 35.0 Å². The molecule has 11 heteroatoms. The zero-order chi connectivity index (χ0) is 20.3. The van der Waals surface area contributed by atoms with Gasteiger partial charge >= 0.3 is 6.18 Å². The third-order valence-electron chi connectivity index (χ3n) is 4.24. The monoisotopic (exact) mass is 412 g/mol. The molecule has 1 aliphatic rings. The second-order valence-electron chi connectivity index (χ2n) is 6.31. The number of halogens is 3. The Morgan fingerprint density at radius 1 is 1.29 bits per heavy atom. The number of carbonyl (C=O) groups excluding carboxylic acids is 1. The summed E-state index contributed by atoms with van der Waals surface area (Å²) in [6, 6.07) is 2.22. The van der Waals surface area contributed by atoms with E-state index in [1.54, 1.807) is 5.38 Å². The zero-order valence-corrected chi connectivity index (χ0v) is 15.5. The molecule has 150 valence electrons. The number of nitrogens with zero attached hydrogens (tertiary/aromatic N) is 2. The van der Waals surface area contributed by atoms with Gasteiger partial charge in [0.05, 0.1) is 11.3 Å². The van der Waals surface area contributed by atoms with Crippen LogP contribution < -0.4 is 22.1 Å². The average Bonchev–Trinajstić information content (AvgIpc) is 3.11. The number of alkyl halides is 3. The molecule has 1 amide bonds. The number of primary amides is 1. The minimum atomic E-state index is -4.46. The molecule has 1 atom stereocenters. The minimum Gasteiger partial charge on any atom is -0.385 e. The molecule has 0 radical (unpaired) electrons. The molecule has 0 saturated carbocycles. The van der Waals surface area contributed by atoms with E-state index in [9.17, 15) is 18.0 Å². The quantitative estimate of drug-likeness (QED) is 0.555. The van der Waals surface area contributed by atoms with Crippen molar-refractivity contribution < 1.29 is 18.0 Å². The maximum absolute atomic E-state index is 12.7. The Morgan fingerprint density at radius 2 is 2.07 bits per heavy atom. The van der Waals surface area contributed by atoms with Gasteiger partial charge in [0.1, 0.15) is 22.1 Å². The highest BCUT2D eigenvalue weighted by molar-refractivity contribution is 7.11. The zero-order valence-electron chi connectivity index (χ0n) is 14.7. The first-order valence-electron chi connectivity index (χ1n) is 8.52. The number of amides is 1. The highest BCUT2D eigenvalue weighted by Crippen LogP contribution is 2.31. The Labute approximate surface area is 163 Å². The fourth-order valence-electron chi connectivity index (χ4n) is 2.84.